The SMILES string of the molecule is O=P([O-])([O-])C(Cl)(P(=O)([O-])O)P(=O)(O)O.[Fe+3]. The minimum Gasteiger partial charge on any atom is -0.809 e. The van der Waals surface area contributed by atoms with E-state index in [0.29, 0.717) is 0 Å². The van der Waals surface area contributed by atoms with Crippen molar-refractivity contribution in [3.8, 4) is 0 Å². The quantitative estimate of drug-likeness (QED) is 0.283. The van der Waals surface area contributed by atoms with Crippen LogP contribution < -0.4 is 14.7 Å². The fraction of sp³-hybridized carbons (Fsp3) is 1.00. The maximum atomic E-state index is 10.4. The Morgan fingerprint density at radius 3 is 1.27 bits per heavy atom. The van der Waals surface area contributed by atoms with Gasteiger partial charge < -0.3 is 38.5 Å². The number of alkyl halides is 1. The van der Waals surface area contributed by atoms with E-state index in [4.69, 9.17) is 14.7 Å². The molecule has 91 valence electrons. The first-order valence-electron chi connectivity index (χ1n) is 2.56. The Morgan fingerprint density at radius 2 is 1.27 bits per heavy atom. The van der Waals surface area contributed by atoms with Gasteiger partial charge in [-0.25, -0.2) is 0 Å². The molecule has 0 spiro atoms. The van der Waals surface area contributed by atoms with Gasteiger partial charge in [0, 0.05) is 0 Å². The largest absolute Gasteiger partial charge is 3.00 e. The molecule has 0 aliphatic heterocycles. The van der Waals surface area contributed by atoms with Gasteiger partial charge in [0.15, 0.2) is 7.60 Å². The van der Waals surface area contributed by atoms with Gasteiger partial charge in [0.2, 0.25) is 4.10 Å². The van der Waals surface area contributed by atoms with Gasteiger partial charge in [-0.3, -0.25) is 4.57 Å². The van der Waals surface area contributed by atoms with E-state index < -0.39 is 26.9 Å². The van der Waals surface area contributed by atoms with Gasteiger partial charge in [0.1, 0.15) is 0 Å². The van der Waals surface area contributed by atoms with Crippen molar-refractivity contribution in [1.29, 1.82) is 0 Å². The van der Waals surface area contributed by atoms with Crippen LogP contribution in [-0.4, -0.2) is 18.8 Å². The van der Waals surface area contributed by atoms with Crippen molar-refractivity contribution in [2.45, 2.75) is 4.10 Å². The third-order valence-electron chi connectivity index (χ3n) is 1.08. The van der Waals surface area contributed by atoms with Crippen molar-refractivity contribution < 1.29 is 60.1 Å². The van der Waals surface area contributed by atoms with E-state index in [1.54, 1.807) is 0 Å². The molecule has 0 aromatic carbocycles. The van der Waals surface area contributed by atoms with Gasteiger partial charge in [0.05, 0.1) is 0 Å². The van der Waals surface area contributed by atoms with Crippen molar-refractivity contribution in [3.05, 3.63) is 0 Å². The predicted molar refractivity (Wildman–Crippen MR) is 38.1 cm³/mol. The topological polar surface area (TPSA) is 181 Å². The molecule has 0 amide bonds. The molecule has 14 heteroatoms. The predicted octanol–water partition coefficient (Wildman–Crippen LogP) is -2.53. The van der Waals surface area contributed by atoms with E-state index in [-0.39, 0.29) is 17.1 Å². The van der Waals surface area contributed by atoms with Crippen LogP contribution in [0.25, 0.3) is 0 Å². The first-order valence-corrected chi connectivity index (χ1v) is 7.67. The van der Waals surface area contributed by atoms with Crippen molar-refractivity contribution in [3.63, 3.8) is 0 Å². The summed E-state index contributed by atoms with van der Waals surface area (Å²) in [6.07, 6.45) is 0. The van der Waals surface area contributed by atoms with Crippen molar-refractivity contribution in [2.75, 3.05) is 0 Å². The van der Waals surface area contributed by atoms with Gasteiger partial charge in [-0.05, 0) is 7.60 Å². The van der Waals surface area contributed by atoms with E-state index >= 15 is 0 Å². The summed E-state index contributed by atoms with van der Waals surface area (Å²) in [6, 6.07) is 0. The standard InChI is InChI=1S/CH6ClO9P3.Fe/c2-1(12(3,4)5,13(6,7)8)14(9,10)11;/h(H2,3,4,5)(H2,6,7,8)(H2,9,10,11);/q;+3/p-3. The molecule has 0 heterocycles. The molecule has 2 unspecified atom stereocenters. The molecule has 0 aliphatic rings. The summed E-state index contributed by atoms with van der Waals surface area (Å²) in [5, 5.41) is 0. The fourth-order valence-electron chi connectivity index (χ4n) is 0.479. The molecule has 2 atom stereocenters. The molecular formula is CH3ClFeO9P3. The van der Waals surface area contributed by atoms with Gasteiger partial charge in [-0.1, -0.05) is 11.6 Å². The van der Waals surface area contributed by atoms with Crippen LogP contribution in [0.15, 0.2) is 0 Å². The smallest absolute Gasteiger partial charge is 0.809 e. The number of rotatable bonds is 3. The normalized spacial score (nSPS) is 21.0. The van der Waals surface area contributed by atoms with Gasteiger partial charge in [-0.2, -0.15) is 0 Å². The van der Waals surface area contributed by atoms with E-state index in [0.717, 1.165) is 0 Å². The fourth-order valence-corrected chi connectivity index (χ4v) is 4.31. The van der Waals surface area contributed by atoms with Gasteiger partial charge >= 0.3 is 24.7 Å². The Kier molecular flexibility index (Phi) is 6.04. The second-order valence-corrected chi connectivity index (χ2v) is 9.67. The zero-order chi connectivity index (χ0) is 12.0. The van der Waals surface area contributed by atoms with Crippen LogP contribution in [0.2, 0.25) is 0 Å². The number of hydrogen-bond donors (Lipinski definition) is 3. The third-order valence-corrected chi connectivity index (χ3v) is 9.71. The molecule has 0 aromatic rings. The first kappa shape index (κ1) is 18.6. The van der Waals surface area contributed by atoms with E-state index in [1.165, 1.54) is 0 Å². The van der Waals surface area contributed by atoms with Crippen LogP contribution in [0.1, 0.15) is 0 Å². The zero-order valence-corrected chi connectivity index (χ0v) is 10.9. The van der Waals surface area contributed by atoms with Gasteiger partial charge in [-0.15, -0.1) is 0 Å². The molecule has 1 radical (unpaired) electrons. The Bertz CT molecular complexity index is 304. The second-order valence-electron chi connectivity index (χ2n) is 2.12. The average molecular weight is 343 g/mol. The van der Waals surface area contributed by atoms with Crippen LogP contribution in [0.3, 0.4) is 0 Å². The molecule has 3 N–H and O–H groups in total. The first-order chi connectivity index (χ1) is 5.75. The molecule has 0 aliphatic carbocycles. The molecule has 0 bridgehead atoms. The monoisotopic (exact) mass is 343 g/mol. The zero-order valence-electron chi connectivity index (χ0n) is 6.36. The molecular weight excluding hydrogens is 340 g/mol. The molecule has 9 nitrogen and oxygen atoms in total. The van der Waals surface area contributed by atoms with Crippen LogP contribution in [0, 0.1) is 0 Å². The average Bonchev–Trinajstić information content (AvgIpc) is 1.77. The summed E-state index contributed by atoms with van der Waals surface area (Å²) >= 11 is 4.49. The maximum Gasteiger partial charge on any atom is 3.00 e. The molecule has 0 rings (SSSR count). The van der Waals surface area contributed by atoms with Crippen molar-refractivity contribution in [2.24, 2.45) is 0 Å². The number of hydrogen-bond acceptors (Lipinski definition) is 6. The summed E-state index contributed by atoms with van der Waals surface area (Å²) < 4.78 is 26.5. The van der Waals surface area contributed by atoms with Crippen LogP contribution in [-0.2, 0) is 30.8 Å². The van der Waals surface area contributed by atoms with Crippen molar-refractivity contribution in [1.82, 2.24) is 0 Å². The molecule has 15 heavy (non-hydrogen) atoms. The summed E-state index contributed by atoms with van der Waals surface area (Å²) in [4.78, 5) is 55.6. The number of halogens is 1. The Morgan fingerprint density at radius 1 is 1.00 bits per heavy atom. The summed E-state index contributed by atoms with van der Waals surface area (Å²) in [5.74, 6) is 0. The van der Waals surface area contributed by atoms with Crippen molar-refractivity contribution >= 4 is 34.4 Å². The van der Waals surface area contributed by atoms with Crippen LogP contribution in [0.4, 0.5) is 0 Å². The molecule has 0 aromatic heterocycles. The Hall–Kier alpha value is 1.26. The van der Waals surface area contributed by atoms with Crippen LogP contribution >= 0.6 is 34.4 Å². The second kappa shape index (κ2) is 4.86. The maximum absolute atomic E-state index is 10.4. The Labute approximate surface area is 98.8 Å². The summed E-state index contributed by atoms with van der Waals surface area (Å²) in [7, 11) is -18.8. The summed E-state index contributed by atoms with van der Waals surface area (Å²) in [5.41, 5.74) is 0. The minimum absolute atomic E-state index is 0. The third kappa shape index (κ3) is 3.36. The Balaban J connectivity index is 0. The van der Waals surface area contributed by atoms with E-state index in [1.807, 2.05) is 0 Å². The summed E-state index contributed by atoms with van der Waals surface area (Å²) in [6.45, 7) is 0. The van der Waals surface area contributed by atoms with E-state index in [2.05, 4.69) is 11.6 Å². The van der Waals surface area contributed by atoms with Gasteiger partial charge in [0.25, 0.3) is 0 Å². The minimum atomic E-state index is -6.45. The molecule has 0 saturated heterocycles. The van der Waals surface area contributed by atoms with Crippen LogP contribution in [0.5, 0.6) is 0 Å². The molecule has 0 saturated carbocycles. The van der Waals surface area contributed by atoms with E-state index in [9.17, 15) is 28.4 Å². The molecule has 0 fully saturated rings.